The van der Waals surface area contributed by atoms with Crippen LogP contribution in [0.5, 0.6) is 0 Å². The molecule has 0 aliphatic rings. The quantitative estimate of drug-likeness (QED) is 0.506. The summed E-state index contributed by atoms with van der Waals surface area (Å²) in [6, 6.07) is 16.1. The first-order chi connectivity index (χ1) is 13.9. The minimum absolute atomic E-state index is 0.138. The second-order valence-corrected chi connectivity index (χ2v) is 8.82. The summed E-state index contributed by atoms with van der Waals surface area (Å²) in [4.78, 5) is 19.7. The van der Waals surface area contributed by atoms with Crippen molar-refractivity contribution in [1.29, 1.82) is 0 Å². The lowest BCUT2D eigenvalue weighted by atomic mass is 10.2. The van der Waals surface area contributed by atoms with E-state index in [1.165, 1.54) is 24.3 Å². The number of sulfone groups is 1. The highest BCUT2D eigenvalue weighted by Crippen LogP contribution is 2.23. The van der Waals surface area contributed by atoms with E-state index in [0.717, 1.165) is 16.5 Å². The van der Waals surface area contributed by atoms with Gasteiger partial charge in [0.1, 0.15) is 5.69 Å². The lowest BCUT2D eigenvalue weighted by Crippen LogP contribution is -2.23. The molecule has 2 aromatic carbocycles. The number of fused-ring (bicyclic) bond motifs is 1. The van der Waals surface area contributed by atoms with Gasteiger partial charge >= 0.3 is 0 Å². The summed E-state index contributed by atoms with van der Waals surface area (Å²) in [6.07, 6.45) is 3.33. The average Bonchev–Trinajstić information content (AvgIpc) is 3.17. The molecule has 0 aliphatic carbocycles. The number of carbonyl (C=O) groups is 1. The zero-order valence-corrected chi connectivity index (χ0v) is 16.7. The smallest absolute Gasteiger partial charge is 0.267 e. The van der Waals surface area contributed by atoms with Gasteiger partial charge in [-0.05, 0) is 48.0 Å². The summed E-state index contributed by atoms with van der Waals surface area (Å²) in [5, 5.41) is 4.03. The van der Waals surface area contributed by atoms with Crippen molar-refractivity contribution in [1.82, 2.24) is 15.3 Å². The number of aromatic nitrogens is 2. The molecule has 0 radical (unpaired) electrons. The lowest BCUT2D eigenvalue weighted by Gasteiger charge is -2.07. The van der Waals surface area contributed by atoms with Crippen molar-refractivity contribution in [3.8, 4) is 0 Å². The zero-order valence-electron chi connectivity index (χ0n) is 15.1. The van der Waals surface area contributed by atoms with Gasteiger partial charge in [0.2, 0.25) is 9.84 Å². The Kier molecular flexibility index (Phi) is 5.08. The molecule has 1 amide bonds. The van der Waals surface area contributed by atoms with Crippen LogP contribution in [0.1, 0.15) is 16.1 Å². The number of carbonyl (C=O) groups excluding carboxylic acids is 1. The maximum absolute atomic E-state index is 12.7. The molecule has 8 heteroatoms. The number of H-pyrrole nitrogens is 1. The Morgan fingerprint density at radius 3 is 2.55 bits per heavy atom. The van der Waals surface area contributed by atoms with Crippen molar-refractivity contribution in [2.45, 2.75) is 16.3 Å². The summed E-state index contributed by atoms with van der Waals surface area (Å²) < 4.78 is 25.4. The van der Waals surface area contributed by atoms with E-state index in [1.807, 2.05) is 0 Å². The van der Waals surface area contributed by atoms with Gasteiger partial charge in [-0.2, -0.15) is 0 Å². The van der Waals surface area contributed by atoms with E-state index < -0.39 is 9.84 Å². The van der Waals surface area contributed by atoms with Crippen molar-refractivity contribution in [3.63, 3.8) is 0 Å². The molecule has 0 atom stereocenters. The molecule has 4 aromatic rings. The zero-order chi connectivity index (χ0) is 20.4. The second kappa shape index (κ2) is 7.69. The van der Waals surface area contributed by atoms with Crippen LogP contribution >= 0.6 is 11.6 Å². The highest BCUT2D eigenvalue weighted by molar-refractivity contribution is 7.91. The third-order valence-electron chi connectivity index (χ3n) is 4.46. The van der Waals surface area contributed by atoms with Crippen molar-refractivity contribution < 1.29 is 13.2 Å². The van der Waals surface area contributed by atoms with Crippen molar-refractivity contribution in [2.24, 2.45) is 0 Å². The van der Waals surface area contributed by atoms with Gasteiger partial charge in [0.15, 0.2) is 0 Å². The Morgan fingerprint density at radius 1 is 1.03 bits per heavy atom. The normalized spacial score (nSPS) is 11.5. The van der Waals surface area contributed by atoms with Crippen LogP contribution in [-0.2, 0) is 16.4 Å². The van der Waals surface area contributed by atoms with E-state index >= 15 is 0 Å². The summed E-state index contributed by atoms with van der Waals surface area (Å²) in [7, 11) is -3.65. The van der Waals surface area contributed by atoms with Crippen molar-refractivity contribution in [2.75, 3.05) is 0 Å². The molecule has 6 nitrogen and oxygen atoms in total. The van der Waals surface area contributed by atoms with E-state index in [9.17, 15) is 13.2 Å². The van der Waals surface area contributed by atoms with Gasteiger partial charge < -0.3 is 10.3 Å². The van der Waals surface area contributed by atoms with Gasteiger partial charge in [0.25, 0.3) is 5.91 Å². The van der Waals surface area contributed by atoms with E-state index in [1.54, 1.807) is 48.8 Å². The Balaban J connectivity index is 1.46. The molecule has 146 valence electrons. The van der Waals surface area contributed by atoms with Gasteiger partial charge in [-0.25, -0.2) is 8.42 Å². The first-order valence-electron chi connectivity index (χ1n) is 8.74. The van der Waals surface area contributed by atoms with E-state index in [4.69, 9.17) is 11.6 Å². The lowest BCUT2D eigenvalue weighted by molar-refractivity contribution is 0.0946. The molecule has 0 unspecified atom stereocenters. The minimum atomic E-state index is -3.65. The highest BCUT2D eigenvalue weighted by Gasteiger charge is 2.18. The fraction of sp³-hybridized carbons (Fsp3) is 0.0476. The molecule has 0 saturated carbocycles. The third-order valence-corrected chi connectivity index (χ3v) is 6.46. The minimum Gasteiger partial charge on any atom is -0.350 e. The number of nitrogens with zero attached hydrogens (tertiary/aromatic N) is 1. The molecule has 0 saturated heterocycles. The largest absolute Gasteiger partial charge is 0.350 e. The Hall–Kier alpha value is -3.16. The van der Waals surface area contributed by atoms with Crippen LogP contribution < -0.4 is 5.32 Å². The molecule has 0 bridgehead atoms. The van der Waals surface area contributed by atoms with Gasteiger partial charge in [-0.1, -0.05) is 29.8 Å². The number of hydrogen-bond donors (Lipinski definition) is 2. The van der Waals surface area contributed by atoms with Crippen LogP contribution in [0.4, 0.5) is 0 Å². The fourth-order valence-electron chi connectivity index (χ4n) is 2.93. The van der Waals surface area contributed by atoms with Crippen molar-refractivity contribution in [3.05, 3.63) is 89.3 Å². The number of nitrogens with one attached hydrogen (secondary N) is 2. The Bertz CT molecular complexity index is 1270. The molecule has 2 N–H and O–H groups in total. The standard InChI is InChI=1S/C21H16ClN3O3S/c22-16-2-1-3-18(11-16)29(27,28)17-6-4-14(5-7-17)12-24-21(26)20-10-15-13-23-9-8-19(15)25-20/h1-11,13,25H,12H2,(H,24,26). The van der Waals surface area contributed by atoms with Crippen LogP contribution in [0.3, 0.4) is 0 Å². The predicted molar refractivity (Wildman–Crippen MR) is 111 cm³/mol. The van der Waals surface area contributed by atoms with E-state index in [0.29, 0.717) is 10.7 Å². The van der Waals surface area contributed by atoms with Crippen LogP contribution in [0.2, 0.25) is 5.02 Å². The first kappa shape index (κ1) is 19.2. The van der Waals surface area contributed by atoms with Crippen LogP contribution in [0, 0.1) is 0 Å². The average molecular weight is 426 g/mol. The third kappa shape index (κ3) is 4.01. The maximum atomic E-state index is 12.7. The molecule has 4 rings (SSSR count). The molecular formula is C21H16ClN3O3S. The van der Waals surface area contributed by atoms with E-state index in [2.05, 4.69) is 15.3 Å². The summed E-state index contributed by atoms with van der Waals surface area (Å²) in [5.74, 6) is -0.253. The fourth-order valence-corrected chi connectivity index (χ4v) is 4.49. The number of benzene rings is 2. The molecule has 0 spiro atoms. The maximum Gasteiger partial charge on any atom is 0.267 e. The number of halogens is 1. The number of rotatable bonds is 5. The summed E-state index contributed by atoms with van der Waals surface area (Å²) >= 11 is 5.90. The number of pyridine rings is 1. The number of amides is 1. The van der Waals surface area contributed by atoms with Gasteiger partial charge in [-0.3, -0.25) is 9.78 Å². The van der Waals surface area contributed by atoms with E-state index in [-0.39, 0.29) is 22.2 Å². The Morgan fingerprint density at radius 2 is 1.83 bits per heavy atom. The van der Waals surface area contributed by atoms with Crippen molar-refractivity contribution >= 4 is 38.2 Å². The monoisotopic (exact) mass is 425 g/mol. The molecule has 2 aromatic heterocycles. The molecule has 2 heterocycles. The number of hydrogen-bond acceptors (Lipinski definition) is 4. The highest BCUT2D eigenvalue weighted by atomic mass is 35.5. The molecule has 0 aliphatic heterocycles. The molecule has 0 fully saturated rings. The number of aromatic amines is 1. The van der Waals surface area contributed by atoms with Crippen LogP contribution in [0.25, 0.3) is 10.9 Å². The summed E-state index contributed by atoms with van der Waals surface area (Å²) in [5.41, 5.74) is 2.05. The van der Waals surface area contributed by atoms with Gasteiger partial charge in [0, 0.05) is 34.9 Å². The topological polar surface area (TPSA) is 91.9 Å². The van der Waals surface area contributed by atoms with Crippen LogP contribution in [0.15, 0.2) is 82.8 Å². The SMILES string of the molecule is O=C(NCc1ccc(S(=O)(=O)c2cccc(Cl)c2)cc1)c1cc2cnccc2[nH]1. The van der Waals surface area contributed by atoms with Crippen LogP contribution in [-0.4, -0.2) is 24.3 Å². The molecule has 29 heavy (non-hydrogen) atoms. The Labute approximate surface area is 172 Å². The van der Waals surface area contributed by atoms with Gasteiger partial charge in [-0.15, -0.1) is 0 Å². The second-order valence-electron chi connectivity index (χ2n) is 6.43. The predicted octanol–water partition coefficient (Wildman–Crippen LogP) is 3.98. The van der Waals surface area contributed by atoms with Gasteiger partial charge in [0.05, 0.1) is 9.79 Å². The first-order valence-corrected chi connectivity index (χ1v) is 10.6. The molecular weight excluding hydrogens is 410 g/mol. The summed E-state index contributed by atoms with van der Waals surface area (Å²) in [6.45, 7) is 0.268.